The first-order valence-electron chi connectivity index (χ1n) is 10.9. The van der Waals surface area contributed by atoms with E-state index in [4.69, 9.17) is 9.84 Å². The molecule has 2 amide bonds. The number of aliphatic carboxylic acids is 1. The van der Waals surface area contributed by atoms with Crippen molar-refractivity contribution in [1.29, 1.82) is 0 Å². The molecule has 1 aliphatic heterocycles. The molecule has 10 nitrogen and oxygen atoms in total. The van der Waals surface area contributed by atoms with Gasteiger partial charge in [-0.15, -0.1) is 0 Å². The number of carboxylic acids is 1. The molecule has 0 spiro atoms. The maximum absolute atomic E-state index is 14.8. The minimum absolute atomic E-state index is 0.206. The van der Waals surface area contributed by atoms with Gasteiger partial charge in [0.15, 0.2) is 5.65 Å². The Morgan fingerprint density at radius 1 is 1.21 bits per heavy atom. The number of anilines is 1. The van der Waals surface area contributed by atoms with Crippen molar-refractivity contribution in [1.82, 2.24) is 14.9 Å². The summed E-state index contributed by atoms with van der Waals surface area (Å²) in [5.41, 5.74) is -2.63. The van der Waals surface area contributed by atoms with Crippen LogP contribution in [0.15, 0.2) is 41.3 Å². The van der Waals surface area contributed by atoms with E-state index in [1.54, 1.807) is 5.32 Å². The fraction of sp³-hybridized carbons (Fsp3) is 0.261. The number of carbonyl (C=O) groups excluding carboxylic acids is 2. The molecule has 2 N–H and O–H groups in total. The van der Waals surface area contributed by atoms with E-state index in [1.165, 1.54) is 6.92 Å². The Morgan fingerprint density at radius 3 is 2.50 bits per heavy atom. The summed E-state index contributed by atoms with van der Waals surface area (Å²) < 4.78 is 73.5. The number of alkyl halides is 3. The van der Waals surface area contributed by atoms with E-state index in [2.05, 4.69) is 4.98 Å². The molecule has 4 rings (SSSR count). The van der Waals surface area contributed by atoms with Crippen LogP contribution in [0.1, 0.15) is 23.7 Å². The maximum Gasteiger partial charge on any atom is 0.416 e. The number of nitrogens with one attached hydrogen (secondary N) is 1. The van der Waals surface area contributed by atoms with Crippen LogP contribution in [0.3, 0.4) is 0 Å². The second-order valence-electron chi connectivity index (χ2n) is 8.18. The van der Waals surface area contributed by atoms with Crippen molar-refractivity contribution in [3.05, 3.63) is 63.9 Å². The number of nitrogens with zero attached hydrogens (tertiary/aromatic N) is 3. The number of cyclic esters (lactones) is 1. The van der Waals surface area contributed by atoms with Crippen LogP contribution in [-0.4, -0.2) is 57.5 Å². The second kappa shape index (κ2) is 9.72. The van der Waals surface area contributed by atoms with Crippen molar-refractivity contribution in [2.24, 2.45) is 0 Å². The van der Waals surface area contributed by atoms with Gasteiger partial charge in [-0.25, -0.2) is 23.4 Å². The van der Waals surface area contributed by atoms with Crippen LogP contribution in [0.4, 0.5) is 32.6 Å². The van der Waals surface area contributed by atoms with Crippen molar-refractivity contribution in [2.45, 2.75) is 31.7 Å². The molecule has 1 saturated heterocycles. The van der Waals surface area contributed by atoms with Gasteiger partial charge in [-0.1, -0.05) is 6.92 Å². The van der Waals surface area contributed by atoms with Gasteiger partial charge in [-0.3, -0.25) is 19.1 Å². The number of aromatic nitrogens is 2. The lowest BCUT2D eigenvalue weighted by Crippen LogP contribution is -2.46. The number of rotatable bonds is 6. The Balaban J connectivity index is 1.91. The first-order chi connectivity index (χ1) is 17.8. The van der Waals surface area contributed by atoms with Crippen molar-refractivity contribution in [3.8, 4) is 5.69 Å². The first kappa shape index (κ1) is 26.5. The predicted octanol–water partition coefficient (Wildman–Crippen LogP) is 3.14. The van der Waals surface area contributed by atoms with Crippen LogP contribution in [-0.2, 0) is 9.53 Å². The van der Waals surface area contributed by atoms with Gasteiger partial charge in [0.2, 0.25) is 11.5 Å². The zero-order valence-electron chi connectivity index (χ0n) is 19.3. The molecule has 0 saturated carbocycles. The number of pyridine rings is 2. The number of benzene rings is 1. The average Bonchev–Trinajstić information content (AvgIpc) is 3.24. The molecule has 3 heterocycles. The number of fused-ring (bicyclic) bond motifs is 1. The number of amides is 2. The SMILES string of the molecule is CCC(NC(=O)c1cn(-c2ccc(F)cc2F)c2nc(N3C[C@@H](C(=O)O)OC3=O)ccc2c1=O)C(F)(F)F. The zero-order valence-corrected chi connectivity index (χ0v) is 19.3. The number of hydrogen-bond acceptors (Lipinski definition) is 6. The van der Waals surface area contributed by atoms with E-state index in [9.17, 15) is 41.1 Å². The fourth-order valence-electron chi connectivity index (χ4n) is 3.80. The average molecular weight is 540 g/mol. The number of halogens is 5. The molecular formula is C23H17F5N4O6. The quantitative estimate of drug-likeness (QED) is 0.460. The second-order valence-corrected chi connectivity index (χ2v) is 8.18. The lowest BCUT2D eigenvalue weighted by atomic mass is 10.1. The Kier molecular flexibility index (Phi) is 6.78. The Bertz CT molecular complexity index is 1520. The summed E-state index contributed by atoms with van der Waals surface area (Å²) in [7, 11) is 0. The summed E-state index contributed by atoms with van der Waals surface area (Å²) in [4.78, 5) is 54.2. The van der Waals surface area contributed by atoms with Gasteiger partial charge in [0.05, 0.1) is 17.6 Å². The Hall–Kier alpha value is -4.56. The number of carbonyl (C=O) groups is 3. The third-order valence-electron chi connectivity index (χ3n) is 5.72. The minimum atomic E-state index is -4.81. The van der Waals surface area contributed by atoms with Gasteiger partial charge in [-0.2, -0.15) is 13.2 Å². The lowest BCUT2D eigenvalue weighted by molar-refractivity contribution is -0.153. The number of hydrogen-bond donors (Lipinski definition) is 2. The van der Waals surface area contributed by atoms with E-state index in [0.717, 1.165) is 39.9 Å². The van der Waals surface area contributed by atoms with E-state index in [-0.39, 0.29) is 16.9 Å². The first-order valence-corrected chi connectivity index (χ1v) is 10.9. The minimum Gasteiger partial charge on any atom is -0.478 e. The molecule has 1 unspecified atom stereocenters. The largest absolute Gasteiger partial charge is 0.478 e. The van der Waals surface area contributed by atoms with E-state index >= 15 is 0 Å². The van der Waals surface area contributed by atoms with E-state index in [0.29, 0.717) is 6.07 Å². The molecule has 0 aliphatic carbocycles. The summed E-state index contributed by atoms with van der Waals surface area (Å²) in [5, 5.41) is 10.5. The van der Waals surface area contributed by atoms with Crippen LogP contribution in [0.25, 0.3) is 16.7 Å². The molecule has 15 heteroatoms. The van der Waals surface area contributed by atoms with Crippen LogP contribution < -0.4 is 15.6 Å². The smallest absolute Gasteiger partial charge is 0.416 e. The molecule has 38 heavy (non-hydrogen) atoms. The van der Waals surface area contributed by atoms with Crippen molar-refractivity contribution in [2.75, 3.05) is 11.4 Å². The highest BCUT2D eigenvalue weighted by Crippen LogP contribution is 2.26. The standard InChI is InChI=1S/C23H17F5N4O6/c1-2-16(23(26,27)28)29-20(34)12-8-31(14-5-3-10(24)7-13(14)25)19-11(18(12)33)4-6-17(30-19)32-9-15(21(35)36)38-22(32)37/h3-8,15-16H,2,9H2,1H3,(H,29,34)(H,35,36)/t15-,16?/m0/s1. The molecule has 0 bridgehead atoms. The summed E-state index contributed by atoms with van der Waals surface area (Å²) in [6.45, 7) is 0.729. The predicted molar refractivity (Wildman–Crippen MR) is 120 cm³/mol. The topological polar surface area (TPSA) is 131 Å². The molecule has 200 valence electrons. The van der Waals surface area contributed by atoms with Crippen molar-refractivity contribution < 1.29 is 46.2 Å². The number of carboxylic acid groups (broad SMARTS) is 1. The third-order valence-corrected chi connectivity index (χ3v) is 5.72. The van der Waals surface area contributed by atoms with E-state index < -0.39 is 77.6 Å². The molecule has 1 aliphatic rings. The van der Waals surface area contributed by atoms with Crippen LogP contribution in [0.5, 0.6) is 0 Å². The highest BCUT2D eigenvalue weighted by atomic mass is 19.4. The van der Waals surface area contributed by atoms with Gasteiger partial charge in [0, 0.05) is 12.3 Å². The molecule has 2 aromatic heterocycles. The van der Waals surface area contributed by atoms with Gasteiger partial charge in [-0.05, 0) is 30.7 Å². The van der Waals surface area contributed by atoms with Crippen LogP contribution >= 0.6 is 0 Å². The Labute approximate surface area is 209 Å². The normalized spacial score (nSPS) is 16.4. The monoisotopic (exact) mass is 540 g/mol. The van der Waals surface area contributed by atoms with Crippen molar-refractivity contribution >= 4 is 34.8 Å². The van der Waals surface area contributed by atoms with Gasteiger partial charge >= 0.3 is 18.2 Å². The highest BCUT2D eigenvalue weighted by Gasteiger charge is 2.40. The summed E-state index contributed by atoms with van der Waals surface area (Å²) >= 11 is 0. The lowest BCUT2D eigenvalue weighted by Gasteiger charge is -2.21. The van der Waals surface area contributed by atoms with Crippen molar-refractivity contribution in [3.63, 3.8) is 0 Å². The maximum atomic E-state index is 14.8. The summed E-state index contributed by atoms with van der Waals surface area (Å²) in [6.07, 6.45) is -7.17. The Morgan fingerprint density at radius 2 is 1.92 bits per heavy atom. The molecule has 1 aromatic carbocycles. The molecule has 0 radical (unpaired) electrons. The van der Waals surface area contributed by atoms with Gasteiger partial charge < -0.3 is 15.2 Å². The molecule has 3 aromatic rings. The molecule has 1 fully saturated rings. The summed E-state index contributed by atoms with van der Waals surface area (Å²) in [5.74, 6) is -5.15. The summed E-state index contributed by atoms with van der Waals surface area (Å²) in [6, 6.07) is 2.22. The van der Waals surface area contributed by atoms with E-state index in [1.807, 2.05) is 0 Å². The van der Waals surface area contributed by atoms with Gasteiger partial charge in [0.1, 0.15) is 29.1 Å². The third kappa shape index (κ3) is 4.86. The molecular weight excluding hydrogens is 523 g/mol. The van der Waals surface area contributed by atoms with Crippen LogP contribution in [0.2, 0.25) is 0 Å². The van der Waals surface area contributed by atoms with Crippen LogP contribution in [0, 0.1) is 11.6 Å². The highest BCUT2D eigenvalue weighted by molar-refractivity contribution is 5.98. The van der Waals surface area contributed by atoms with Gasteiger partial charge in [0.25, 0.3) is 5.91 Å². The molecule has 2 atom stereocenters. The number of ether oxygens (including phenoxy) is 1. The zero-order chi connectivity index (χ0) is 27.9. The fourth-order valence-corrected chi connectivity index (χ4v) is 3.80.